The molecule has 0 aliphatic carbocycles. The van der Waals surface area contributed by atoms with Crippen molar-refractivity contribution in [1.29, 1.82) is 0 Å². The number of anilines is 2. The third-order valence-electron chi connectivity index (χ3n) is 7.70. The standard InChI is InChI=1S/C36H33BrClN5O3S/c1-4-45-30-19-26(18-28(37)33(30)46-20-24-13-9-8-12-22(24)2)32-31(34(44)40-27-15-6-5-7-16-27)23(3)39-35-41-36(42-43(32)35)47-21-25-14-10-11-17-29(25)38/h5-19,32H,4,20-21H2,1-3H3,(H,40,44)(H,39,41,42). The Kier molecular flexibility index (Phi) is 10.2. The zero-order valence-electron chi connectivity index (χ0n) is 26.1. The predicted molar refractivity (Wildman–Crippen MR) is 191 cm³/mol. The van der Waals surface area contributed by atoms with Crippen molar-refractivity contribution in [3.05, 3.63) is 134 Å². The fourth-order valence-corrected chi connectivity index (χ4v) is 7.03. The number of allylic oxidation sites excluding steroid dienone is 1. The lowest BCUT2D eigenvalue weighted by Gasteiger charge is -2.29. The Balaban J connectivity index is 1.39. The second-order valence-corrected chi connectivity index (χ2v) is 13.1. The van der Waals surface area contributed by atoms with Crippen LogP contribution >= 0.6 is 39.3 Å². The van der Waals surface area contributed by atoms with Gasteiger partial charge in [-0.15, -0.1) is 5.10 Å². The smallest absolute Gasteiger partial charge is 0.255 e. The summed E-state index contributed by atoms with van der Waals surface area (Å²) in [4.78, 5) is 18.8. The van der Waals surface area contributed by atoms with E-state index in [2.05, 4.69) is 39.6 Å². The number of amides is 1. The molecule has 0 radical (unpaired) electrons. The largest absolute Gasteiger partial charge is 0.490 e. The first-order valence-electron chi connectivity index (χ1n) is 15.1. The normalized spacial score (nSPS) is 13.9. The van der Waals surface area contributed by atoms with Gasteiger partial charge >= 0.3 is 0 Å². The summed E-state index contributed by atoms with van der Waals surface area (Å²) in [5, 5.41) is 12.5. The monoisotopic (exact) mass is 729 g/mol. The van der Waals surface area contributed by atoms with Crippen molar-refractivity contribution in [1.82, 2.24) is 14.8 Å². The number of para-hydroxylation sites is 1. The molecule has 0 fully saturated rings. The van der Waals surface area contributed by atoms with E-state index in [9.17, 15) is 4.79 Å². The van der Waals surface area contributed by atoms with Crippen molar-refractivity contribution in [3.63, 3.8) is 0 Å². The number of carbonyl (C=O) groups excluding carboxylic acids is 1. The number of hydrogen-bond acceptors (Lipinski definition) is 7. The lowest BCUT2D eigenvalue weighted by molar-refractivity contribution is -0.113. The van der Waals surface area contributed by atoms with E-state index in [-0.39, 0.29) is 5.91 Å². The maximum atomic E-state index is 14.0. The summed E-state index contributed by atoms with van der Waals surface area (Å²) in [5.41, 5.74) is 5.84. The van der Waals surface area contributed by atoms with E-state index >= 15 is 0 Å². The summed E-state index contributed by atoms with van der Waals surface area (Å²) in [6, 6.07) is 28.5. The summed E-state index contributed by atoms with van der Waals surface area (Å²) in [6.45, 7) is 6.67. The molecule has 2 N–H and O–H groups in total. The Morgan fingerprint density at radius 2 is 1.72 bits per heavy atom. The Morgan fingerprint density at radius 1 is 1.00 bits per heavy atom. The van der Waals surface area contributed by atoms with Gasteiger partial charge in [-0.3, -0.25) is 4.79 Å². The molecule has 47 heavy (non-hydrogen) atoms. The highest BCUT2D eigenvalue weighted by Crippen LogP contribution is 2.44. The maximum absolute atomic E-state index is 14.0. The summed E-state index contributed by atoms with van der Waals surface area (Å²) in [7, 11) is 0. The molecule has 1 aliphatic rings. The van der Waals surface area contributed by atoms with Crippen LogP contribution in [0.15, 0.2) is 112 Å². The van der Waals surface area contributed by atoms with Gasteiger partial charge in [0.1, 0.15) is 12.6 Å². The Bertz CT molecular complexity index is 1950. The van der Waals surface area contributed by atoms with E-state index in [0.29, 0.717) is 68.0 Å². The molecule has 0 bridgehead atoms. The summed E-state index contributed by atoms with van der Waals surface area (Å²) in [5.74, 6) is 2.00. The molecule has 2 heterocycles. The van der Waals surface area contributed by atoms with Gasteiger partial charge in [-0.1, -0.05) is 84.0 Å². The number of nitrogens with one attached hydrogen (secondary N) is 2. The molecule has 1 aromatic heterocycles. The summed E-state index contributed by atoms with van der Waals surface area (Å²) >= 11 is 11.6. The van der Waals surface area contributed by atoms with Gasteiger partial charge in [0.2, 0.25) is 11.1 Å². The van der Waals surface area contributed by atoms with E-state index in [1.54, 1.807) is 4.68 Å². The molecule has 0 saturated carbocycles. The number of carbonyl (C=O) groups is 1. The second-order valence-electron chi connectivity index (χ2n) is 10.9. The fourth-order valence-electron chi connectivity index (χ4n) is 5.34. The first-order chi connectivity index (χ1) is 22.8. The summed E-state index contributed by atoms with van der Waals surface area (Å²) in [6.07, 6.45) is 0. The van der Waals surface area contributed by atoms with Gasteiger partial charge in [-0.2, -0.15) is 4.98 Å². The molecule has 8 nitrogen and oxygen atoms in total. The van der Waals surface area contributed by atoms with Crippen LogP contribution in [0.2, 0.25) is 5.02 Å². The number of rotatable bonds is 11. The molecule has 4 aromatic carbocycles. The van der Waals surface area contributed by atoms with Crippen LogP contribution in [0, 0.1) is 6.92 Å². The molecule has 0 spiro atoms. The number of aryl methyl sites for hydroxylation is 1. The Morgan fingerprint density at radius 3 is 2.47 bits per heavy atom. The molecule has 1 amide bonds. The van der Waals surface area contributed by atoms with Gasteiger partial charge in [-0.25, -0.2) is 4.68 Å². The first kappa shape index (κ1) is 32.7. The number of thioether (sulfide) groups is 1. The van der Waals surface area contributed by atoms with Gasteiger partial charge < -0.3 is 20.1 Å². The van der Waals surface area contributed by atoms with Crippen LogP contribution in [0.1, 0.15) is 42.1 Å². The van der Waals surface area contributed by atoms with E-state index in [1.165, 1.54) is 11.8 Å². The third kappa shape index (κ3) is 7.35. The average Bonchev–Trinajstić information content (AvgIpc) is 3.47. The van der Waals surface area contributed by atoms with Gasteiger partial charge in [-0.05, 0) is 89.3 Å². The number of benzene rings is 4. The van der Waals surface area contributed by atoms with Crippen LogP contribution in [0.3, 0.4) is 0 Å². The molecule has 6 rings (SSSR count). The van der Waals surface area contributed by atoms with Crippen LogP contribution in [-0.2, 0) is 17.2 Å². The van der Waals surface area contributed by atoms with Crippen LogP contribution in [0.4, 0.5) is 11.6 Å². The maximum Gasteiger partial charge on any atom is 0.255 e. The quantitative estimate of drug-likeness (QED) is 0.131. The number of fused-ring (bicyclic) bond motifs is 1. The van der Waals surface area contributed by atoms with Crippen LogP contribution in [0.5, 0.6) is 11.5 Å². The Labute approximate surface area is 291 Å². The van der Waals surface area contributed by atoms with E-state index < -0.39 is 6.04 Å². The molecule has 1 aliphatic heterocycles. The van der Waals surface area contributed by atoms with E-state index in [4.69, 9.17) is 31.2 Å². The van der Waals surface area contributed by atoms with Crippen LogP contribution in [0.25, 0.3) is 0 Å². The van der Waals surface area contributed by atoms with Crippen molar-refractivity contribution >= 4 is 56.8 Å². The average molecular weight is 731 g/mol. The van der Waals surface area contributed by atoms with Crippen LogP contribution < -0.4 is 20.1 Å². The molecule has 1 unspecified atom stereocenters. The molecular weight excluding hydrogens is 698 g/mol. The van der Waals surface area contributed by atoms with Gasteiger partial charge in [0.05, 0.1) is 16.7 Å². The molecular formula is C36H33BrClN5O3S. The molecule has 11 heteroatoms. The molecule has 5 aromatic rings. The van der Waals surface area contributed by atoms with Gasteiger partial charge in [0.15, 0.2) is 11.5 Å². The second kappa shape index (κ2) is 14.7. The molecule has 240 valence electrons. The van der Waals surface area contributed by atoms with Crippen molar-refractivity contribution in [2.75, 3.05) is 17.2 Å². The van der Waals surface area contributed by atoms with Crippen molar-refractivity contribution in [2.24, 2.45) is 0 Å². The first-order valence-corrected chi connectivity index (χ1v) is 17.3. The topological polar surface area (TPSA) is 90.3 Å². The molecule has 0 saturated heterocycles. The number of nitrogens with zero attached hydrogens (tertiary/aromatic N) is 3. The zero-order valence-corrected chi connectivity index (χ0v) is 29.2. The highest BCUT2D eigenvalue weighted by atomic mass is 79.9. The molecule has 1 atom stereocenters. The lowest BCUT2D eigenvalue weighted by Crippen LogP contribution is -2.31. The number of ether oxygens (including phenoxy) is 2. The van der Waals surface area contributed by atoms with E-state index in [1.807, 2.05) is 98.8 Å². The minimum Gasteiger partial charge on any atom is -0.490 e. The number of aromatic nitrogens is 3. The third-order valence-corrected chi connectivity index (χ3v) is 9.55. The van der Waals surface area contributed by atoms with Crippen LogP contribution in [-0.4, -0.2) is 27.3 Å². The minimum atomic E-state index is -0.627. The SMILES string of the molecule is CCOc1cc(C2C(C(=O)Nc3ccccc3)=C(C)Nc3nc(SCc4ccccc4Cl)nn32)cc(Br)c1OCc1ccccc1C. The number of halogens is 2. The summed E-state index contributed by atoms with van der Waals surface area (Å²) < 4.78 is 14.9. The van der Waals surface area contributed by atoms with Crippen molar-refractivity contribution in [2.45, 2.75) is 44.3 Å². The highest BCUT2D eigenvalue weighted by molar-refractivity contribution is 9.10. The van der Waals surface area contributed by atoms with E-state index in [0.717, 1.165) is 22.3 Å². The fraction of sp³-hybridized carbons (Fsp3) is 0.194. The highest BCUT2D eigenvalue weighted by Gasteiger charge is 2.35. The zero-order chi connectivity index (χ0) is 32.9. The Hall–Kier alpha value is -4.25. The predicted octanol–water partition coefficient (Wildman–Crippen LogP) is 9.20. The minimum absolute atomic E-state index is 0.258. The lowest BCUT2D eigenvalue weighted by atomic mass is 9.94. The van der Waals surface area contributed by atoms with Gasteiger partial charge in [0.25, 0.3) is 5.91 Å². The van der Waals surface area contributed by atoms with Crippen molar-refractivity contribution < 1.29 is 14.3 Å². The number of hydrogen-bond donors (Lipinski definition) is 2. The van der Waals surface area contributed by atoms with Gasteiger partial charge in [0, 0.05) is 22.2 Å². The van der Waals surface area contributed by atoms with Crippen molar-refractivity contribution in [3.8, 4) is 11.5 Å².